The highest BCUT2D eigenvalue weighted by Gasteiger charge is 2.53. The standard InChI is InChI=1S/C24H38O11/c1-12-7-14(27)8-23(3,4)15(12)6-5-13(2)33-21-19(18(29)17(28)16(9-25)34-21)35-22-20(30)24(31,10-26)11-32-22/h5-7,13,15-22,25-26,28-31H,8-11H2,1-4H3/t13-,15+,16-,17-,18+,19-,20+,21-,22+,24-/m1/s1. The lowest BCUT2D eigenvalue weighted by Crippen LogP contribution is -2.61. The predicted molar refractivity (Wildman–Crippen MR) is 121 cm³/mol. The van der Waals surface area contributed by atoms with Crippen LogP contribution in [0.1, 0.15) is 34.1 Å². The van der Waals surface area contributed by atoms with Crippen molar-refractivity contribution in [3.63, 3.8) is 0 Å². The molecule has 2 fully saturated rings. The molecule has 3 aliphatic rings. The number of allylic oxidation sites excluding steroid dienone is 3. The normalized spacial score (nSPS) is 42.9. The number of aliphatic hydroxyl groups is 6. The van der Waals surface area contributed by atoms with E-state index in [0.29, 0.717) is 6.42 Å². The fourth-order valence-electron chi connectivity index (χ4n) is 4.88. The number of carbonyl (C=O) groups excluding carboxylic acids is 1. The predicted octanol–water partition coefficient (Wildman–Crippen LogP) is -1.23. The molecule has 3 rings (SSSR count). The summed E-state index contributed by atoms with van der Waals surface area (Å²) in [4.78, 5) is 11.9. The highest BCUT2D eigenvalue weighted by atomic mass is 16.8. The largest absolute Gasteiger partial charge is 0.394 e. The van der Waals surface area contributed by atoms with E-state index >= 15 is 0 Å². The summed E-state index contributed by atoms with van der Waals surface area (Å²) in [5, 5.41) is 60.4. The van der Waals surface area contributed by atoms with Crippen molar-refractivity contribution in [2.24, 2.45) is 11.3 Å². The Morgan fingerprint density at radius 1 is 1.20 bits per heavy atom. The molecule has 6 N–H and O–H groups in total. The third-order valence-electron chi connectivity index (χ3n) is 6.97. The third-order valence-corrected chi connectivity index (χ3v) is 6.97. The molecule has 2 aliphatic heterocycles. The van der Waals surface area contributed by atoms with Crippen LogP contribution >= 0.6 is 0 Å². The summed E-state index contributed by atoms with van der Waals surface area (Å²) in [6, 6.07) is 0. The third kappa shape index (κ3) is 6.02. The van der Waals surface area contributed by atoms with E-state index in [0.717, 1.165) is 5.57 Å². The topological polar surface area (TPSA) is 175 Å². The van der Waals surface area contributed by atoms with Gasteiger partial charge in [0.15, 0.2) is 18.4 Å². The van der Waals surface area contributed by atoms with E-state index in [1.54, 1.807) is 19.1 Å². The van der Waals surface area contributed by atoms with E-state index in [-0.39, 0.29) is 17.1 Å². The maximum Gasteiger partial charge on any atom is 0.187 e. The fourth-order valence-corrected chi connectivity index (χ4v) is 4.88. The number of hydrogen-bond acceptors (Lipinski definition) is 11. The summed E-state index contributed by atoms with van der Waals surface area (Å²) in [5.41, 5.74) is -1.28. The number of aliphatic hydroxyl groups excluding tert-OH is 5. The molecule has 10 atom stereocenters. The lowest BCUT2D eigenvalue weighted by molar-refractivity contribution is -0.339. The average molecular weight is 503 g/mol. The molecule has 0 aromatic rings. The lowest BCUT2D eigenvalue weighted by atomic mass is 9.68. The van der Waals surface area contributed by atoms with E-state index in [9.17, 15) is 35.4 Å². The molecule has 11 nitrogen and oxygen atoms in total. The van der Waals surface area contributed by atoms with Crippen molar-refractivity contribution in [2.45, 2.75) is 88.9 Å². The SMILES string of the molecule is CC1=CC(=O)CC(C)(C)[C@H]1C=C[C@@H](C)O[C@@H]1O[C@H](CO)[C@@H](O)[C@H](O)[C@H]1O[C@@H]1OC[C@](O)(CO)[C@H]1O. The van der Waals surface area contributed by atoms with Crippen molar-refractivity contribution >= 4 is 5.78 Å². The first-order chi connectivity index (χ1) is 16.3. The van der Waals surface area contributed by atoms with Gasteiger partial charge in [-0.1, -0.05) is 31.6 Å². The summed E-state index contributed by atoms with van der Waals surface area (Å²) in [6.45, 7) is 5.89. The Labute approximate surface area is 204 Å². The molecular formula is C24H38O11. The number of hydrogen-bond donors (Lipinski definition) is 6. The van der Waals surface area contributed by atoms with Crippen LogP contribution in [0.25, 0.3) is 0 Å². The van der Waals surface area contributed by atoms with Gasteiger partial charge >= 0.3 is 0 Å². The van der Waals surface area contributed by atoms with Gasteiger partial charge in [0.25, 0.3) is 0 Å². The lowest BCUT2D eigenvalue weighted by Gasteiger charge is -2.43. The van der Waals surface area contributed by atoms with Crippen LogP contribution in [0.5, 0.6) is 0 Å². The van der Waals surface area contributed by atoms with Gasteiger partial charge in [-0.05, 0) is 25.3 Å². The van der Waals surface area contributed by atoms with Gasteiger partial charge in [0.05, 0.1) is 25.9 Å². The second kappa shape index (κ2) is 11.0. The highest BCUT2D eigenvalue weighted by Crippen LogP contribution is 2.40. The first-order valence-electron chi connectivity index (χ1n) is 11.8. The molecule has 11 heteroatoms. The maximum absolute atomic E-state index is 11.9. The van der Waals surface area contributed by atoms with Gasteiger partial charge < -0.3 is 49.6 Å². The summed E-state index contributed by atoms with van der Waals surface area (Å²) in [7, 11) is 0. The van der Waals surface area contributed by atoms with Crippen LogP contribution < -0.4 is 0 Å². The van der Waals surface area contributed by atoms with Crippen LogP contribution in [0, 0.1) is 11.3 Å². The van der Waals surface area contributed by atoms with Crippen LogP contribution in [0.2, 0.25) is 0 Å². The monoisotopic (exact) mass is 502 g/mol. The van der Waals surface area contributed by atoms with Gasteiger partial charge in [0.2, 0.25) is 0 Å². The van der Waals surface area contributed by atoms with E-state index in [1.807, 2.05) is 26.8 Å². The summed E-state index contributed by atoms with van der Waals surface area (Å²) >= 11 is 0. The van der Waals surface area contributed by atoms with Gasteiger partial charge in [0.1, 0.15) is 36.1 Å². The van der Waals surface area contributed by atoms with Crippen LogP contribution in [-0.4, -0.2) is 111 Å². The van der Waals surface area contributed by atoms with Crippen LogP contribution in [0.3, 0.4) is 0 Å². The van der Waals surface area contributed by atoms with Crippen molar-refractivity contribution in [3.8, 4) is 0 Å². The second-order valence-electron chi connectivity index (χ2n) is 10.4. The van der Waals surface area contributed by atoms with Gasteiger partial charge in [-0.15, -0.1) is 0 Å². The molecule has 0 spiro atoms. The van der Waals surface area contributed by atoms with Crippen molar-refractivity contribution in [1.29, 1.82) is 0 Å². The molecule has 0 saturated carbocycles. The van der Waals surface area contributed by atoms with E-state index < -0.39 is 74.6 Å². The number of rotatable bonds is 8. The Morgan fingerprint density at radius 2 is 1.89 bits per heavy atom. The average Bonchev–Trinajstić information content (AvgIpc) is 3.06. The quantitative estimate of drug-likeness (QED) is 0.219. The Bertz CT molecular complexity index is 811. The van der Waals surface area contributed by atoms with Crippen LogP contribution in [0.4, 0.5) is 0 Å². The molecule has 0 aromatic carbocycles. The minimum absolute atomic E-state index is 0.00127. The van der Waals surface area contributed by atoms with Crippen LogP contribution in [0.15, 0.2) is 23.8 Å². The van der Waals surface area contributed by atoms with Crippen molar-refractivity contribution in [2.75, 3.05) is 19.8 Å². The van der Waals surface area contributed by atoms with E-state index in [2.05, 4.69) is 0 Å². The molecule has 2 saturated heterocycles. The smallest absolute Gasteiger partial charge is 0.187 e. The maximum atomic E-state index is 11.9. The molecule has 1 aliphatic carbocycles. The highest BCUT2D eigenvalue weighted by molar-refractivity contribution is 5.92. The molecule has 0 aromatic heterocycles. The molecule has 0 bridgehead atoms. The minimum atomic E-state index is -1.94. The fraction of sp³-hybridized carbons (Fsp3) is 0.792. The van der Waals surface area contributed by atoms with Crippen molar-refractivity contribution in [3.05, 3.63) is 23.8 Å². The molecule has 0 unspecified atom stereocenters. The zero-order chi connectivity index (χ0) is 26.1. The first-order valence-corrected chi connectivity index (χ1v) is 11.8. The Balaban J connectivity index is 1.74. The molecule has 2 heterocycles. The summed E-state index contributed by atoms with van der Waals surface area (Å²) in [6.07, 6.45) is -4.70. The second-order valence-corrected chi connectivity index (χ2v) is 10.4. The summed E-state index contributed by atoms with van der Waals surface area (Å²) < 4.78 is 22.5. The molecule has 35 heavy (non-hydrogen) atoms. The van der Waals surface area contributed by atoms with Gasteiger partial charge in [-0.3, -0.25) is 4.79 Å². The zero-order valence-corrected chi connectivity index (χ0v) is 20.5. The molecule has 200 valence electrons. The minimum Gasteiger partial charge on any atom is -0.394 e. The Hall–Kier alpha value is -1.25. The van der Waals surface area contributed by atoms with Gasteiger partial charge in [0, 0.05) is 12.3 Å². The number of carbonyl (C=O) groups is 1. The number of ether oxygens (including phenoxy) is 4. The van der Waals surface area contributed by atoms with Gasteiger partial charge in [-0.25, -0.2) is 0 Å². The van der Waals surface area contributed by atoms with Gasteiger partial charge in [-0.2, -0.15) is 0 Å². The Morgan fingerprint density at radius 3 is 2.46 bits per heavy atom. The number of ketones is 1. The summed E-state index contributed by atoms with van der Waals surface area (Å²) in [5.74, 6) is 0.0884. The molecule has 0 amide bonds. The van der Waals surface area contributed by atoms with E-state index in [4.69, 9.17) is 18.9 Å². The molecule has 0 radical (unpaired) electrons. The first kappa shape index (κ1) is 28.3. The molecular weight excluding hydrogens is 464 g/mol. The van der Waals surface area contributed by atoms with Crippen molar-refractivity contribution in [1.82, 2.24) is 0 Å². The van der Waals surface area contributed by atoms with E-state index in [1.165, 1.54) is 0 Å². The Kier molecular flexibility index (Phi) is 8.91. The van der Waals surface area contributed by atoms with Crippen molar-refractivity contribution < 1.29 is 54.4 Å². The zero-order valence-electron chi connectivity index (χ0n) is 20.5. The van der Waals surface area contributed by atoms with Crippen LogP contribution in [-0.2, 0) is 23.7 Å².